The van der Waals surface area contributed by atoms with Crippen molar-refractivity contribution in [1.29, 1.82) is 0 Å². The summed E-state index contributed by atoms with van der Waals surface area (Å²) in [6, 6.07) is 5.39. The zero-order valence-corrected chi connectivity index (χ0v) is 16.7. The van der Waals surface area contributed by atoms with E-state index in [1.54, 1.807) is 25.3 Å². The van der Waals surface area contributed by atoms with Crippen LogP contribution in [0.15, 0.2) is 23.2 Å². The number of amides is 2. The number of likely N-dealkylation sites (tertiary alicyclic amines) is 1. The number of piperidine rings is 1. The fraction of sp³-hybridized carbons (Fsp3) is 0.526. The summed E-state index contributed by atoms with van der Waals surface area (Å²) in [5, 5.41) is 5.43. The number of hydrogen-bond donors (Lipinski definition) is 3. The Balaban J connectivity index is 1.79. The third-order valence-electron chi connectivity index (χ3n) is 4.56. The summed E-state index contributed by atoms with van der Waals surface area (Å²) in [6.07, 6.45) is 1.94. The molecular weight excluding hydrogens is 362 g/mol. The van der Waals surface area contributed by atoms with E-state index in [4.69, 9.17) is 15.2 Å². The molecule has 0 radical (unpaired) electrons. The third kappa shape index (κ3) is 6.73. The van der Waals surface area contributed by atoms with E-state index in [0.717, 1.165) is 31.5 Å². The van der Waals surface area contributed by atoms with Gasteiger partial charge in [-0.1, -0.05) is 6.07 Å². The molecule has 2 rings (SSSR count). The van der Waals surface area contributed by atoms with Crippen molar-refractivity contribution < 1.29 is 19.1 Å². The summed E-state index contributed by atoms with van der Waals surface area (Å²) in [5.74, 6) is 0.517. The lowest BCUT2D eigenvalue weighted by molar-refractivity contribution is -0.121. The molecule has 9 heteroatoms. The zero-order valence-electron chi connectivity index (χ0n) is 16.7. The first-order valence-corrected chi connectivity index (χ1v) is 9.20. The Labute approximate surface area is 165 Å². The number of benzene rings is 1. The second-order valence-corrected chi connectivity index (χ2v) is 6.76. The fourth-order valence-corrected chi connectivity index (χ4v) is 2.99. The highest BCUT2D eigenvalue weighted by Gasteiger charge is 2.18. The van der Waals surface area contributed by atoms with Gasteiger partial charge in [0.15, 0.2) is 17.5 Å². The van der Waals surface area contributed by atoms with Crippen LogP contribution in [0.2, 0.25) is 0 Å². The summed E-state index contributed by atoms with van der Waals surface area (Å²) in [7, 11) is 5.14. The Bertz CT molecular complexity index is 714. The van der Waals surface area contributed by atoms with Gasteiger partial charge in [-0.2, -0.15) is 0 Å². The molecule has 0 bridgehead atoms. The summed E-state index contributed by atoms with van der Waals surface area (Å²) in [4.78, 5) is 30.3. The molecule has 154 valence electrons. The smallest absolute Gasteiger partial charge is 0.242 e. The van der Waals surface area contributed by atoms with Gasteiger partial charge in [-0.3, -0.25) is 14.9 Å². The maximum Gasteiger partial charge on any atom is 0.242 e. The SMILES string of the molecule is COc1ccc(CC(=O)NC(N)=NCC(=O)NC2CCN(C)CC2)cc1OC. The molecule has 0 atom stereocenters. The van der Waals surface area contributed by atoms with Gasteiger partial charge in [-0.25, -0.2) is 4.99 Å². The average Bonchev–Trinajstić information content (AvgIpc) is 2.68. The molecule has 1 aromatic rings. The standard InChI is InChI=1S/C19H29N5O4/c1-24-8-6-14(7-9-24)22-18(26)12-21-19(20)23-17(25)11-13-4-5-15(27-2)16(10-13)28-3/h4-5,10,14H,6-9,11-12H2,1-3H3,(H,22,26)(H3,20,21,23,25). The molecule has 1 heterocycles. The molecule has 1 aliphatic rings. The van der Waals surface area contributed by atoms with Crippen LogP contribution in [-0.2, 0) is 16.0 Å². The Hall–Kier alpha value is -2.81. The van der Waals surface area contributed by atoms with Crippen LogP contribution >= 0.6 is 0 Å². The minimum Gasteiger partial charge on any atom is -0.493 e. The highest BCUT2D eigenvalue weighted by Crippen LogP contribution is 2.27. The van der Waals surface area contributed by atoms with Crippen molar-refractivity contribution in [3.8, 4) is 11.5 Å². The Morgan fingerprint density at radius 2 is 1.86 bits per heavy atom. The Kier molecular flexibility index (Phi) is 8.06. The quantitative estimate of drug-likeness (QED) is 0.441. The average molecular weight is 391 g/mol. The van der Waals surface area contributed by atoms with E-state index in [1.807, 2.05) is 0 Å². The number of ether oxygens (including phenoxy) is 2. The van der Waals surface area contributed by atoms with Gasteiger partial charge in [-0.15, -0.1) is 0 Å². The molecule has 0 saturated carbocycles. The van der Waals surface area contributed by atoms with Gasteiger partial charge in [0.05, 0.1) is 20.6 Å². The molecule has 1 saturated heterocycles. The van der Waals surface area contributed by atoms with Gasteiger partial charge in [-0.05, 0) is 50.7 Å². The van der Waals surface area contributed by atoms with Gasteiger partial charge in [0, 0.05) is 6.04 Å². The molecule has 0 aromatic heterocycles. The monoisotopic (exact) mass is 391 g/mol. The van der Waals surface area contributed by atoms with Crippen LogP contribution in [0.25, 0.3) is 0 Å². The largest absolute Gasteiger partial charge is 0.493 e. The molecule has 0 aliphatic carbocycles. The van der Waals surface area contributed by atoms with Crippen molar-refractivity contribution in [2.24, 2.45) is 10.7 Å². The third-order valence-corrected chi connectivity index (χ3v) is 4.56. The van der Waals surface area contributed by atoms with Crippen LogP contribution in [0.5, 0.6) is 11.5 Å². The lowest BCUT2D eigenvalue weighted by atomic mass is 10.1. The molecule has 4 N–H and O–H groups in total. The molecule has 1 fully saturated rings. The second-order valence-electron chi connectivity index (χ2n) is 6.76. The predicted molar refractivity (Wildman–Crippen MR) is 107 cm³/mol. The first-order valence-electron chi connectivity index (χ1n) is 9.20. The minimum absolute atomic E-state index is 0.0796. The van der Waals surface area contributed by atoms with Crippen LogP contribution in [-0.4, -0.2) is 69.6 Å². The lowest BCUT2D eigenvalue weighted by Gasteiger charge is -2.29. The van der Waals surface area contributed by atoms with Crippen LogP contribution in [0.4, 0.5) is 0 Å². The number of nitrogens with zero attached hydrogens (tertiary/aromatic N) is 2. The lowest BCUT2D eigenvalue weighted by Crippen LogP contribution is -2.44. The van der Waals surface area contributed by atoms with E-state index in [9.17, 15) is 9.59 Å². The highest BCUT2D eigenvalue weighted by molar-refractivity contribution is 5.97. The van der Waals surface area contributed by atoms with Gasteiger partial charge in [0.1, 0.15) is 6.54 Å². The molecule has 9 nitrogen and oxygen atoms in total. The van der Waals surface area contributed by atoms with Crippen LogP contribution < -0.4 is 25.8 Å². The number of aliphatic imine (C=N–C) groups is 1. The first-order chi connectivity index (χ1) is 13.4. The fourth-order valence-electron chi connectivity index (χ4n) is 2.99. The Morgan fingerprint density at radius 3 is 2.50 bits per heavy atom. The molecule has 2 amide bonds. The van der Waals surface area contributed by atoms with E-state index >= 15 is 0 Å². The number of nitrogens with one attached hydrogen (secondary N) is 2. The molecule has 0 unspecified atom stereocenters. The second kappa shape index (κ2) is 10.5. The van der Waals surface area contributed by atoms with E-state index in [0.29, 0.717) is 11.5 Å². The van der Waals surface area contributed by atoms with E-state index < -0.39 is 0 Å². The van der Waals surface area contributed by atoms with Crippen LogP contribution in [0, 0.1) is 0 Å². The van der Waals surface area contributed by atoms with Gasteiger partial charge in [0.2, 0.25) is 11.8 Å². The summed E-state index contributed by atoms with van der Waals surface area (Å²) < 4.78 is 10.4. The predicted octanol–water partition coefficient (Wildman–Crippen LogP) is -0.112. The summed E-state index contributed by atoms with van der Waals surface area (Å²) in [6.45, 7) is 1.81. The van der Waals surface area contributed by atoms with Crippen molar-refractivity contribution in [2.45, 2.75) is 25.3 Å². The minimum atomic E-state index is -0.329. The molecule has 28 heavy (non-hydrogen) atoms. The number of nitrogens with two attached hydrogens (primary N) is 1. The molecular formula is C19H29N5O4. The maximum atomic E-state index is 12.1. The van der Waals surface area contributed by atoms with E-state index in [2.05, 4.69) is 27.6 Å². The molecule has 0 spiro atoms. The Morgan fingerprint density at radius 1 is 1.18 bits per heavy atom. The van der Waals surface area contributed by atoms with E-state index in [-0.39, 0.29) is 36.8 Å². The maximum absolute atomic E-state index is 12.1. The number of carbonyl (C=O) groups is 2. The first kappa shape index (κ1) is 21.5. The molecule has 1 aromatic carbocycles. The van der Waals surface area contributed by atoms with Crippen molar-refractivity contribution in [3.63, 3.8) is 0 Å². The van der Waals surface area contributed by atoms with Crippen LogP contribution in [0.1, 0.15) is 18.4 Å². The van der Waals surface area contributed by atoms with Crippen molar-refractivity contribution >= 4 is 17.8 Å². The van der Waals surface area contributed by atoms with Gasteiger partial charge in [0.25, 0.3) is 0 Å². The van der Waals surface area contributed by atoms with Gasteiger partial charge >= 0.3 is 0 Å². The van der Waals surface area contributed by atoms with Crippen molar-refractivity contribution in [2.75, 3.05) is 40.9 Å². The van der Waals surface area contributed by atoms with Gasteiger partial charge < -0.3 is 25.4 Å². The van der Waals surface area contributed by atoms with Crippen molar-refractivity contribution in [3.05, 3.63) is 23.8 Å². The van der Waals surface area contributed by atoms with E-state index in [1.165, 1.54) is 7.11 Å². The number of methoxy groups -OCH3 is 2. The normalized spacial score (nSPS) is 15.8. The number of carbonyl (C=O) groups excluding carboxylic acids is 2. The van der Waals surface area contributed by atoms with Crippen molar-refractivity contribution in [1.82, 2.24) is 15.5 Å². The summed E-state index contributed by atoms with van der Waals surface area (Å²) in [5.41, 5.74) is 6.46. The summed E-state index contributed by atoms with van der Waals surface area (Å²) >= 11 is 0. The van der Waals surface area contributed by atoms with Crippen LogP contribution in [0.3, 0.4) is 0 Å². The number of rotatable bonds is 7. The zero-order chi connectivity index (χ0) is 20.5. The molecule has 1 aliphatic heterocycles. The highest BCUT2D eigenvalue weighted by atomic mass is 16.5. The number of hydrogen-bond acceptors (Lipinski definition) is 6. The number of guanidine groups is 1. The topological polar surface area (TPSA) is 118 Å².